The Labute approximate surface area is 436 Å². The summed E-state index contributed by atoms with van der Waals surface area (Å²) in [7, 11) is 2.68. The van der Waals surface area contributed by atoms with Crippen molar-refractivity contribution in [1.29, 1.82) is 0 Å². The number of rotatable bonds is 13. The van der Waals surface area contributed by atoms with Gasteiger partial charge in [0.1, 0.15) is 12.7 Å². The molecule has 69 heavy (non-hydrogen) atoms. The quantitative estimate of drug-likeness (QED) is 0.107. The van der Waals surface area contributed by atoms with Crippen molar-refractivity contribution in [3.05, 3.63) is 77.7 Å². The summed E-state index contributed by atoms with van der Waals surface area (Å²) in [5, 5.41) is 34.7. The van der Waals surface area contributed by atoms with Gasteiger partial charge in [0.2, 0.25) is 0 Å². The van der Waals surface area contributed by atoms with Crippen LogP contribution in [0.2, 0.25) is 5.15 Å². The number of aryl methyl sites for hydroxylation is 2. The van der Waals surface area contributed by atoms with E-state index in [2.05, 4.69) is 56.5 Å². The number of carbonyl (C=O) groups is 4. The van der Waals surface area contributed by atoms with Crippen molar-refractivity contribution in [3.63, 3.8) is 0 Å². The number of methoxy groups -OCH3 is 2. The van der Waals surface area contributed by atoms with Gasteiger partial charge in [-0.1, -0.05) is 23.7 Å². The normalized spacial score (nSPS) is 19.7. The Bertz CT molecular complexity index is 3650. The minimum atomic E-state index is -3.04. The number of nitrogens with zero attached hydrogens (tertiary/aromatic N) is 13. The molecule has 2 aliphatic heterocycles. The molecule has 0 spiro atoms. The lowest BCUT2D eigenvalue weighted by atomic mass is 10.1. The summed E-state index contributed by atoms with van der Waals surface area (Å²) in [6.07, 6.45) is 2.09. The molecule has 25 heteroatoms. The predicted molar refractivity (Wildman–Crippen MR) is 258 cm³/mol. The van der Waals surface area contributed by atoms with Crippen LogP contribution in [0.4, 0.5) is 38.2 Å². The molecule has 364 valence electrons. The molecule has 6 aromatic rings. The average Bonchev–Trinajstić information content (AvgIpc) is 1.77. The Morgan fingerprint density at radius 1 is 0.710 bits per heavy atom. The fraction of sp³-hybridized carbons (Fsp3) is 0.364. The van der Waals surface area contributed by atoms with Crippen molar-refractivity contribution < 1.29 is 61.6 Å². The predicted octanol–water partition coefficient (Wildman–Crippen LogP) is 4.49. The van der Waals surface area contributed by atoms with Crippen molar-refractivity contribution in [3.8, 4) is 34.3 Å². The molecule has 0 atom stereocenters. The monoisotopic (exact) mass is 991 g/mol. The summed E-state index contributed by atoms with van der Waals surface area (Å²) < 4.78 is 190. The van der Waals surface area contributed by atoms with E-state index in [1.807, 2.05) is 5.32 Å². The minimum Gasteiger partial charge on any atom is -0.494 e. The lowest BCUT2D eigenvalue weighted by molar-refractivity contribution is 0.0950. The highest BCUT2D eigenvalue weighted by Crippen LogP contribution is 2.39. The van der Waals surface area contributed by atoms with Gasteiger partial charge in [-0.15, -0.1) is 20.4 Å². The fourth-order valence-electron chi connectivity index (χ4n) is 6.39. The number of urea groups is 2. The highest BCUT2D eigenvalue weighted by Gasteiger charge is 2.33. The maximum Gasteiger partial charge on any atom is 0.326 e. The smallest absolute Gasteiger partial charge is 0.326 e. The molecular formula is C44H55ClN18O6. The molecule has 4 aromatic heterocycles. The van der Waals surface area contributed by atoms with Crippen LogP contribution in [0.3, 0.4) is 0 Å². The fourth-order valence-corrected chi connectivity index (χ4v) is 6.54. The van der Waals surface area contributed by atoms with Crippen LogP contribution < -0.4 is 41.0 Å². The molecule has 5 N–H and O–H groups in total. The number of amides is 6. The van der Waals surface area contributed by atoms with E-state index in [1.165, 1.54) is 38.5 Å². The van der Waals surface area contributed by atoms with Gasteiger partial charge in [0.25, 0.3) is 11.8 Å². The van der Waals surface area contributed by atoms with Crippen LogP contribution in [-0.2, 0) is 14.0 Å². The molecule has 6 amide bonds. The molecule has 0 saturated carbocycles. The van der Waals surface area contributed by atoms with Crippen LogP contribution >= 0.6 is 11.6 Å². The van der Waals surface area contributed by atoms with Gasteiger partial charge < -0.3 is 45.9 Å². The Kier molecular flexibility index (Phi) is 8.83. The maximum absolute atomic E-state index is 13.3. The highest BCUT2D eigenvalue weighted by atomic mass is 35.5. The molecule has 24 nitrogen and oxygen atoms in total. The van der Waals surface area contributed by atoms with Gasteiger partial charge in [0, 0.05) is 111 Å². The zero-order valence-corrected chi connectivity index (χ0v) is 36.7. The third-order valence-corrected chi connectivity index (χ3v) is 9.66. The molecule has 2 aliphatic rings. The molecular weight excluding hydrogens is 912 g/mol. The second-order valence-corrected chi connectivity index (χ2v) is 14.1. The summed E-state index contributed by atoms with van der Waals surface area (Å²) in [6, 6.07) is 6.38. The van der Waals surface area contributed by atoms with Gasteiger partial charge in [0.15, 0.2) is 45.5 Å². The van der Waals surface area contributed by atoms with Gasteiger partial charge in [-0.25, -0.2) is 19.6 Å². The van der Waals surface area contributed by atoms with Crippen molar-refractivity contribution in [2.75, 3.05) is 69.9 Å². The number of para-hydroxylation sites is 2. The minimum absolute atomic E-state index is 0.0219. The molecule has 2 saturated heterocycles. The summed E-state index contributed by atoms with van der Waals surface area (Å²) in [4.78, 5) is 60.4. The lowest BCUT2D eigenvalue weighted by Gasteiger charge is -2.21. The first kappa shape index (κ1) is 27.0. The van der Waals surface area contributed by atoms with E-state index in [-0.39, 0.29) is 88.6 Å². The van der Waals surface area contributed by atoms with Crippen LogP contribution in [0.5, 0.6) is 11.5 Å². The average molecular weight is 992 g/mol. The van der Waals surface area contributed by atoms with E-state index in [4.69, 9.17) is 54.0 Å². The Hall–Kier alpha value is -8.15. The Morgan fingerprint density at radius 3 is 1.75 bits per heavy atom. The summed E-state index contributed by atoms with van der Waals surface area (Å²) >= 11 is 5.90. The molecule has 0 aliphatic carbocycles. The number of carbonyl (C=O) groups excluding carboxylic acids is 4. The van der Waals surface area contributed by atoms with E-state index in [9.17, 15) is 19.2 Å². The number of hydrogen-bond donors (Lipinski definition) is 5. The first-order valence-corrected chi connectivity index (χ1v) is 19.9. The third kappa shape index (κ3) is 11.7. The second kappa shape index (κ2) is 22.6. The number of aromatic nitrogens is 10. The lowest BCUT2D eigenvalue weighted by Crippen LogP contribution is -2.36. The van der Waals surface area contributed by atoms with E-state index >= 15 is 0 Å². The van der Waals surface area contributed by atoms with Crippen LogP contribution in [0.15, 0.2) is 61.2 Å². The molecule has 2 fully saturated rings. The SMILES string of the molecule is [2H]C([2H])([2H])C(N1CCNC1=O)C([2H])([2H])[2H].[2H]C([2H])([2H])NC(=O)c1nnc(Cl)cc1Nc1cccc(-c2ncn(C([2H])([2H])[2H])n2)c1OC.[2H]C([2H])([2H])NC(=O)c1nnc(N2CCN(C(C([2H])([2H])[2H])C([2H])([2H])[2H])C2=O)cc1Nc1cccc(-c2ncn(C([2H])([2H])[2H])n2)c1OC. The zero-order valence-electron chi connectivity index (χ0n) is 59.9. The zero-order chi connectivity index (χ0) is 69.9. The number of hydrogen-bond acceptors (Lipinski definition) is 16. The first-order chi connectivity index (χ1) is 42.6. The van der Waals surface area contributed by atoms with Gasteiger partial charge in [-0.3, -0.25) is 23.9 Å². The number of nitrogens with one attached hydrogen (secondary N) is 5. The molecule has 2 aromatic carbocycles. The first-order valence-electron chi connectivity index (χ1n) is 31.6. The van der Waals surface area contributed by atoms with E-state index in [0.717, 1.165) is 33.2 Å². The van der Waals surface area contributed by atoms with E-state index < -0.39 is 97.0 Å². The van der Waals surface area contributed by atoms with Crippen LogP contribution in [0.25, 0.3) is 22.8 Å². The largest absolute Gasteiger partial charge is 0.494 e. The van der Waals surface area contributed by atoms with E-state index in [0.29, 0.717) is 20.8 Å². The second-order valence-electron chi connectivity index (χ2n) is 13.7. The van der Waals surface area contributed by atoms with Crippen molar-refractivity contribution >= 4 is 64.0 Å². The van der Waals surface area contributed by atoms with E-state index in [1.54, 1.807) is 23.5 Å². The molecule has 8 rings (SSSR count). The van der Waals surface area contributed by atoms with Crippen LogP contribution in [0, 0.1) is 0 Å². The Morgan fingerprint density at radius 2 is 1.26 bits per heavy atom. The summed E-state index contributed by atoms with van der Waals surface area (Å²) in [6.45, 7) is -22.3. The standard InChI is InChI=1S/C22H27N9O3.C16H16ClN7O2.C6H12N2O/c1-13(2)30-9-10-31(22(30)33)17-11-16(18(27-26-17)21(32)23-3)25-15-8-6-7-14(19(15)34-5)20-24-12-29(4)28-20;1-18-16(25)13-11(7-12(17)21-22-13)20-10-6-4-5-9(14(10)26-3)15-19-8-24(2)23-15;1-5(2)8-4-3-7-6(8)9/h6-8,11-13H,9-10H2,1-5H3,(H,23,32)(H,25,26);4-8H,1-3H3,(H,18,25)(H,20,21);5H,3-4H2,1-2H3,(H,7,9)/i1D3,2D3,3D3,4D3;2*1D3,2D3. The number of halogens is 1. The Balaban J connectivity index is 0.000000251. The summed E-state index contributed by atoms with van der Waals surface area (Å²) in [5.74, 6) is -2.01. The summed E-state index contributed by atoms with van der Waals surface area (Å²) in [5.41, 5.74) is 0.0970. The molecule has 0 unspecified atom stereocenters. The van der Waals surface area contributed by atoms with Crippen LogP contribution in [-0.4, -0.2) is 150 Å². The van der Waals surface area contributed by atoms with Crippen LogP contribution in [0.1, 0.15) is 81.3 Å². The highest BCUT2D eigenvalue weighted by molar-refractivity contribution is 6.29. The number of anilines is 5. The van der Waals surface area contributed by atoms with Gasteiger partial charge >= 0.3 is 12.1 Å². The van der Waals surface area contributed by atoms with Gasteiger partial charge in [0.05, 0.1) is 48.1 Å². The molecule has 6 heterocycles. The molecule has 0 bridgehead atoms. The topological polar surface area (TPSA) is 270 Å². The van der Waals surface area contributed by atoms with Crippen molar-refractivity contribution in [1.82, 2.24) is 75.7 Å². The van der Waals surface area contributed by atoms with Gasteiger partial charge in [-0.2, -0.15) is 10.2 Å². The third-order valence-electron chi connectivity index (χ3n) is 9.48. The van der Waals surface area contributed by atoms with Crippen molar-refractivity contribution in [2.45, 2.75) is 39.5 Å². The van der Waals surface area contributed by atoms with Crippen molar-refractivity contribution in [2.24, 2.45) is 14.0 Å². The van der Waals surface area contributed by atoms with Gasteiger partial charge in [-0.05, 0) is 51.7 Å². The maximum atomic E-state index is 13.3. The number of ether oxygens (including phenoxy) is 2. The number of benzene rings is 2. The molecule has 0 radical (unpaired) electrons.